The first-order chi connectivity index (χ1) is 5.98. The summed E-state index contributed by atoms with van der Waals surface area (Å²) in [4.78, 5) is 0. The third kappa shape index (κ3) is 1.24. The first-order valence-electron chi connectivity index (χ1n) is 3.97. The number of hydrogen-bond acceptors (Lipinski definition) is 4. The summed E-state index contributed by atoms with van der Waals surface area (Å²) in [6.07, 6.45) is 3.01. The number of rotatable bonds is 0. The molecule has 0 bridgehead atoms. The third-order valence-corrected chi connectivity index (χ3v) is 1.80. The summed E-state index contributed by atoms with van der Waals surface area (Å²) in [6, 6.07) is 0. The van der Waals surface area contributed by atoms with Crippen LogP contribution in [-0.2, 0) is 9.47 Å². The Labute approximate surface area is 75.9 Å². The molecule has 1 fully saturated rings. The second kappa shape index (κ2) is 2.22. The molecule has 1 saturated heterocycles. The van der Waals surface area contributed by atoms with Crippen molar-refractivity contribution < 1.29 is 9.47 Å². The average molecular weight is 178 g/mol. The van der Waals surface area contributed by atoms with E-state index in [1.165, 1.54) is 12.2 Å². The van der Waals surface area contributed by atoms with Gasteiger partial charge in [-0.15, -0.1) is 0 Å². The highest BCUT2D eigenvalue weighted by atomic mass is 16.7. The zero-order valence-electron chi connectivity index (χ0n) is 7.47. The van der Waals surface area contributed by atoms with Crippen molar-refractivity contribution in [2.24, 2.45) is 0 Å². The van der Waals surface area contributed by atoms with Gasteiger partial charge >= 0.3 is 0 Å². The van der Waals surface area contributed by atoms with Gasteiger partial charge in [0.05, 0.1) is 11.4 Å². The van der Waals surface area contributed by atoms with Crippen LogP contribution >= 0.6 is 0 Å². The Balaban J connectivity index is 2.41. The Morgan fingerprint density at radius 1 is 1.00 bits per heavy atom. The van der Waals surface area contributed by atoms with Crippen molar-refractivity contribution in [1.82, 2.24) is 0 Å². The van der Waals surface area contributed by atoms with E-state index in [2.05, 4.69) is 0 Å². The van der Waals surface area contributed by atoms with Crippen molar-refractivity contribution in [2.45, 2.75) is 19.6 Å². The fourth-order valence-corrected chi connectivity index (χ4v) is 1.27. The topological polar surface area (TPSA) is 66.2 Å². The van der Waals surface area contributed by atoms with Gasteiger partial charge in [-0.25, -0.2) is 0 Å². The molecule has 0 amide bonds. The van der Waals surface area contributed by atoms with Gasteiger partial charge in [-0.3, -0.25) is 10.8 Å². The van der Waals surface area contributed by atoms with Gasteiger partial charge in [0.1, 0.15) is 0 Å². The van der Waals surface area contributed by atoms with Gasteiger partial charge in [-0.1, -0.05) is 0 Å². The summed E-state index contributed by atoms with van der Waals surface area (Å²) in [5.74, 6) is 0.416. The predicted molar refractivity (Wildman–Crippen MR) is 47.9 cm³/mol. The molecular weight excluding hydrogens is 168 g/mol. The van der Waals surface area contributed by atoms with E-state index in [-0.39, 0.29) is 11.4 Å². The molecule has 0 aromatic carbocycles. The second-order valence-electron chi connectivity index (χ2n) is 3.45. The van der Waals surface area contributed by atoms with Crippen LogP contribution in [0.25, 0.3) is 0 Å². The van der Waals surface area contributed by atoms with Crippen molar-refractivity contribution in [2.75, 3.05) is 0 Å². The molecule has 68 valence electrons. The zero-order valence-corrected chi connectivity index (χ0v) is 7.47. The zero-order chi connectivity index (χ0) is 9.64. The summed E-state index contributed by atoms with van der Waals surface area (Å²) in [5, 5.41) is 14.8. The molecule has 0 unspecified atom stereocenters. The van der Waals surface area contributed by atoms with Crippen LogP contribution in [0.5, 0.6) is 0 Å². The summed E-state index contributed by atoms with van der Waals surface area (Å²) in [6.45, 7) is 3.58. The Morgan fingerprint density at radius 2 is 1.38 bits per heavy atom. The molecule has 0 saturated carbocycles. The minimum absolute atomic E-state index is 0.153. The predicted octanol–water partition coefficient (Wildman–Crippen LogP) is 1.59. The Hall–Kier alpha value is -1.58. The van der Waals surface area contributed by atoms with Crippen molar-refractivity contribution >= 4 is 11.4 Å². The van der Waals surface area contributed by atoms with Gasteiger partial charge in [0.25, 0.3) is 0 Å². The largest absolute Gasteiger partial charge is 0.449 e. The van der Waals surface area contributed by atoms with Crippen LogP contribution < -0.4 is 0 Å². The number of hydrogen-bond donors (Lipinski definition) is 2. The number of nitrogens with one attached hydrogen (secondary N) is 2. The van der Waals surface area contributed by atoms with Crippen LogP contribution in [0.4, 0.5) is 0 Å². The van der Waals surface area contributed by atoms with Crippen molar-refractivity contribution in [3.63, 3.8) is 0 Å². The molecular formula is C9H10N2O2. The average Bonchev–Trinajstić information content (AvgIpc) is 2.24. The lowest BCUT2D eigenvalue weighted by Gasteiger charge is -2.14. The van der Waals surface area contributed by atoms with E-state index in [4.69, 9.17) is 20.3 Å². The fraction of sp³-hybridized carbons (Fsp3) is 0.333. The lowest BCUT2D eigenvalue weighted by Crippen LogP contribution is -2.18. The summed E-state index contributed by atoms with van der Waals surface area (Å²) >= 11 is 0. The monoisotopic (exact) mass is 178 g/mol. The number of fused-ring (bicyclic) bond motifs is 1. The molecule has 1 heterocycles. The van der Waals surface area contributed by atoms with E-state index >= 15 is 0 Å². The molecule has 2 N–H and O–H groups in total. The smallest absolute Gasteiger partial charge is 0.246 e. The maximum atomic E-state index is 7.39. The molecule has 0 aromatic heterocycles. The lowest BCUT2D eigenvalue weighted by atomic mass is 10.1. The highest BCUT2D eigenvalue weighted by molar-refractivity contribution is 6.49. The second-order valence-corrected chi connectivity index (χ2v) is 3.45. The van der Waals surface area contributed by atoms with Crippen LogP contribution in [-0.4, -0.2) is 17.2 Å². The molecule has 2 aliphatic rings. The lowest BCUT2D eigenvalue weighted by molar-refractivity contribution is -0.104. The molecule has 2 rings (SSSR count). The van der Waals surface area contributed by atoms with E-state index in [1.807, 2.05) is 0 Å². The van der Waals surface area contributed by atoms with Crippen LogP contribution in [0.3, 0.4) is 0 Å². The summed E-state index contributed by atoms with van der Waals surface area (Å²) in [7, 11) is 0. The normalized spacial score (nSPS) is 24.2. The van der Waals surface area contributed by atoms with Crippen molar-refractivity contribution in [1.29, 1.82) is 10.8 Å². The first-order valence-corrected chi connectivity index (χ1v) is 3.97. The number of allylic oxidation sites excluding steroid dienone is 2. The van der Waals surface area contributed by atoms with Gasteiger partial charge in [0, 0.05) is 26.0 Å². The van der Waals surface area contributed by atoms with Crippen LogP contribution in [0.15, 0.2) is 23.7 Å². The SMILES string of the molecule is CC1(C)OC2=CC(=N)C(=N)C=C2O1. The highest BCUT2D eigenvalue weighted by Gasteiger charge is 2.36. The van der Waals surface area contributed by atoms with E-state index in [1.54, 1.807) is 13.8 Å². The van der Waals surface area contributed by atoms with Gasteiger partial charge in [0.15, 0.2) is 11.5 Å². The van der Waals surface area contributed by atoms with Gasteiger partial charge < -0.3 is 9.47 Å². The molecule has 0 atom stereocenters. The van der Waals surface area contributed by atoms with Gasteiger partial charge in [-0.2, -0.15) is 0 Å². The minimum atomic E-state index is -0.678. The fourth-order valence-electron chi connectivity index (χ4n) is 1.27. The van der Waals surface area contributed by atoms with Crippen LogP contribution in [0, 0.1) is 10.8 Å². The van der Waals surface area contributed by atoms with Gasteiger partial charge in [-0.05, 0) is 0 Å². The van der Waals surface area contributed by atoms with E-state index in [0.717, 1.165) is 0 Å². The molecule has 1 aliphatic heterocycles. The standard InChI is InChI=1S/C9H10N2O2/c1-9(2)12-7-3-5(10)6(11)4-8(7)13-9/h3-4,10-11H,1-2H3. The molecule has 0 aromatic rings. The van der Waals surface area contributed by atoms with Crippen LogP contribution in [0.1, 0.15) is 13.8 Å². The molecule has 4 nitrogen and oxygen atoms in total. The van der Waals surface area contributed by atoms with Crippen molar-refractivity contribution in [3.05, 3.63) is 23.7 Å². The Morgan fingerprint density at radius 3 is 1.77 bits per heavy atom. The Kier molecular flexibility index (Phi) is 1.37. The summed E-state index contributed by atoms with van der Waals surface area (Å²) in [5.41, 5.74) is 0.306. The quantitative estimate of drug-likeness (QED) is 0.553. The maximum absolute atomic E-state index is 7.39. The molecule has 13 heavy (non-hydrogen) atoms. The maximum Gasteiger partial charge on any atom is 0.246 e. The third-order valence-electron chi connectivity index (χ3n) is 1.80. The minimum Gasteiger partial charge on any atom is -0.449 e. The molecule has 1 aliphatic carbocycles. The van der Waals surface area contributed by atoms with E-state index < -0.39 is 5.79 Å². The summed E-state index contributed by atoms with van der Waals surface area (Å²) < 4.78 is 10.8. The van der Waals surface area contributed by atoms with E-state index in [9.17, 15) is 0 Å². The van der Waals surface area contributed by atoms with Gasteiger partial charge in [0.2, 0.25) is 5.79 Å². The van der Waals surface area contributed by atoms with E-state index in [0.29, 0.717) is 11.5 Å². The van der Waals surface area contributed by atoms with Crippen molar-refractivity contribution in [3.8, 4) is 0 Å². The first kappa shape index (κ1) is 8.04. The molecule has 0 spiro atoms. The Bertz CT molecular complexity index is 330. The van der Waals surface area contributed by atoms with Crippen LogP contribution in [0.2, 0.25) is 0 Å². The molecule has 4 heteroatoms. The number of ether oxygens (including phenoxy) is 2. The molecule has 0 radical (unpaired) electrons. The highest BCUT2D eigenvalue weighted by Crippen LogP contribution is 2.35.